The summed E-state index contributed by atoms with van der Waals surface area (Å²) >= 11 is 5.78. The lowest BCUT2D eigenvalue weighted by Gasteiger charge is -1.94. The van der Waals surface area contributed by atoms with Gasteiger partial charge < -0.3 is 5.73 Å². The fraction of sp³-hybridized carbons (Fsp3) is 0.333. The smallest absolute Gasteiger partial charge is 0.0406 e. The van der Waals surface area contributed by atoms with Crippen LogP contribution in [0.2, 0.25) is 5.02 Å². The van der Waals surface area contributed by atoms with Crippen molar-refractivity contribution in [3.63, 3.8) is 0 Å². The summed E-state index contributed by atoms with van der Waals surface area (Å²) in [4.78, 5) is 0. The van der Waals surface area contributed by atoms with Gasteiger partial charge in [0, 0.05) is 5.02 Å². The molecule has 0 radical (unpaired) electrons. The second-order valence-corrected chi connectivity index (χ2v) is 3.67. The van der Waals surface area contributed by atoms with Crippen LogP contribution < -0.4 is 5.73 Å². The molecule has 0 unspecified atom stereocenters. The summed E-state index contributed by atoms with van der Waals surface area (Å²) in [6.07, 6.45) is 7.66. The number of unbranched alkanes of at least 4 members (excludes halogenated alkanes) is 2. The summed E-state index contributed by atoms with van der Waals surface area (Å²) in [5.74, 6) is 0. The minimum Gasteiger partial charge on any atom is -0.330 e. The van der Waals surface area contributed by atoms with E-state index < -0.39 is 0 Å². The minimum absolute atomic E-state index is 0.783. The van der Waals surface area contributed by atoms with Gasteiger partial charge in [-0.2, -0.15) is 0 Å². The predicted molar refractivity (Wildman–Crippen MR) is 63.4 cm³/mol. The zero-order valence-corrected chi connectivity index (χ0v) is 9.00. The van der Waals surface area contributed by atoms with E-state index >= 15 is 0 Å². The third-order valence-electron chi connectivity index (χ3n) is 2.01. The molecule has 0 heterocycles. The Hall–Kier alpha value is -0.790. The van der Waals surface area contributed by atoms with Crippen molar-refractivity contribution in [2.45, 2.75) is 19.3 Å². The topological polar surface area (TPSA) is 26.0 Å². The summed E-state index contributed by atoms with van der Waals surface area (Å²) < 4.78 is 0. The lowest BCUT2D eigenvalue weighted by atomic mass is 10.1. The highest BCUT2D eigenvalue weighted by Crippen LogP contribution is 2.11. The molecule has 0 fully saturated rings. The van der Waals surface area contributed by atoms with Crippen molar-refractivity contribution in [3.8, 4) is 0 Å². The van der Waals surface area contributed by atoms with Crippen molar-refractivity contribution in [1.82, 2.24) is 0 Å². The fourth-order valence-corrected chi connectivity index (χ4v) is 1.33. The molecule has 0 aliphatic rings. The maximum Gasteiger partial charge on any atom is 0.0406 e. The average molecular weight is 210 g/mol. The minimum atomic E-state index is 0.783. The summed E-state index contributed by atoms with van der Waals surface area (Å²) in [6, 6.07) is 7.84. The Morgan fingerprint density at radius 3 is 2.50 bits per heavy atom. The van der Waals surface area contributed by atoms with Crippen LogP contribution in [0.15, 0.2) is 30.3 Å². The number of benzene rings is 1. The highest BCUT2D eigenvalue weighted by atomic mass is 35.5. The molecular formula is C12H16ClN. The number of halogens is 1. The summed E-state index contributed by atoms with van der Waals surface area (Å²) in [5.41, 5.74) is 6.60. The largest absolute Gasteiger partial charge is 0.330 e. The Kier molecular flexibility index (Phi) is 5.35. The first kappa shape index (κ1) is 11.3. The average Bonchev–Trinajstić information content (AvgIpc) is 2.21. The standard InChI is InChI=1S/C12H16ClN/c13-12-8-6-11(7-9-12)5-3-1-2-4-10-14/h3,5-9H,1-2,4,10,14H2. The molecule has 14 heavy (non-hydrogen) atoms. The Morgan fingerprint density at radius 1 is 1.14 bits per heavy atom. The number of hydrogen-bond acceptors (Lipinski definition) is 1. The quantitative estimate of drug-likeness (QED) is 0.739. The van der Waals surface area contributed by atoms with Crippen LogP contribution in [0.4, 0.5) is 0 Å². The van der Waals surface area contributed by atoms with E-state index in [1.54, 1.807) is 0 Å². The summed E-state index contributed by atoms with van der Waals surface area (Å²) in [7, 11) is 0. The molecule has 2 heteroatoms. The van der Waals surface area contributed by atoms with Crippen LogP contribution >= 0.6 is 11.6 Å². The van der Waals surface area contributed by atoms with Crippen LogP contribution in [0.1, 0.15) is 24.8 Å². The highest BCUT2D eigenvalue weighted by Gasteiger charge is 1.87. The molecule has 0 saturated carbocycles. The van der Waals surface area contributed by atoms with Gasteiger partial charge in [-0.05, 0) is 43.5 Å². The van der Waals surface area contributed by atoms with Gasteiger partial charge in [0.1, 0.15) is 0 Å². The summed E-state index contributed by atoms with van der Waals surface area (Å²) in [6.45, 7) is 0.786. The Balaban J connectivity index is 2.33. The molecule has 1 rings (SSSR count). The maximum atomic E-state index is 5.78. The first-order chi connectivity index (χ1) is 6.83. The SMILES string of the molecule is NCCCCC=Cc1ccc(Cl)cc1. The lowest BCUT2D eigenvalue weighted by molar-refractivity contribution is 0.760. The molecule has 2 N–H and O–H groups in total. The van der Waals surface area contributed by atoms with Crippen LogP contribution in [0.5, 0.6) is 0 Å². The Labute approximate surface area is 90.6 Å². The third-order valence-corrected chi connectivity index (χ3v) is 2.26. The molecule has 76 valence electrons. The molecule has 0 bridgehead atoms. The van der Waals surface area contributed by atoms with E-state index in [0.717, 1.165) is 24.4 Å². The van der Waals surface area contributed by atoms with Crippen LogP contribution in [0.25, 0.3) is 6.08 Å². The van der Waals surface area contributed by atoms with Gasteiger partial charge >= 0.3 is 0 Å². The third kappa shape index (κ3) is 4.45. The second kappa shape index (κ2) is 6.63. The van der Waals surface area contributed by atoms with Crippen molar-refractivity contribution >= 4 is 17.7 Å². The zero-order valence-electron chi connectivity index (χ0n) is 8.25. The second-order valence-electron chi connectivity index (χ2n) is 3.24. The van der Waals surface area contributed by atoms with Crippen molar-refractivity contribution in [3.05, 3.63) is 40.9 Å². The van der Waals surface area contributed by atoms with Crippen LogP contribution in [-0.2, 0) is 0 Å². The van der Waals surface area contributed by atoms with Crippen LogP contribution in [0, 0.1) is 0 Å². The number of allylic oxidation sites excluding steroid dienone is 1. The first-order valence-corrected chi connectivity index (χ1v) is 5.33. The van der Waals surface area contributed by atoms with E-state index in [0.29, 0.717) is 0 Å². The van der Waals surface area contributed by atoms with Crippen molar-refractivity contribution in [1.29, 1.82) is 0 Å². The molecule has 1 nitrogen and oxygen atoms in total. The van der Waals surface area contributed by atoms with Crippen molar-refractivity contribution in [2.75, 3.05) is 6.54 Å². The van der Waals surface area contributed by atoms with E-state index in [4.69, 9.17) is 17.3 Å². The van der Waals surface area contributed by atoms with Gasteiger partial charge in [-0.3, -0.25) is 0 Å². The molecule has 0 aliphatic carbocycles. The number of hydrogen-bond donors (Lipinski definition) is 1. The normalized spacial score (nSPS) is 11.0. The number of rotatable bonds is 5. The molecule has 0 aliphatic heterocycles. The molecule has 0 aromatic heterocycles. The van der Waals surface area contributed by atoms with E-state index in [9.17, 15) is 0 Å². The highest BCUT2D eigenvalue weighted by molar-refractivity contribution is 6.30. The van der Waals surface area contributed by atoms with Crippen molar-refractivity contribution < 1.29 is 0 Å². The molecule has 1 aromatic carbocycles. The van der Waals surface area contributed by atoms with Crippen LogP contribution in [-0.4, -0.2) is 6.54 Å². The maximum absolute atomic E-state index is 5.78. The molecule has 0 spiro atoms. The number of nitrogens with two attached hydrogens (primary N) is 1. The van der Waals surface area contributed by atoms with Gasteiger partial charge in [0.2, 0.25) is 0 Å². The van der Waals surface area contributed by atoms with Gasteiger partial charge in [0.15, 0.2) is 0 Å². The summed E-state index contributed by atoms with van der Waals surface area (Å²) in [5, 5.41) is 0.783. The van der Waals surface area contributed by atoms with Gasteiger partial charge in [0.25, 0.3) is 0 Å². The van der Waals surface area contributed by atoms with Gasteiger partial charge in [-0.1, -0.05) is 35.9 Å². The Bertz CT molecular complexity index is 277. The molecule has 0 atom stereocenters. The fourth-order valence-electron chi connectivity index (χ4n) is 1.20. The lowest BCUT2D eigenvalue weighted by Crippen LogP contribution is -1.96. The Morgan fingerprint density at radius 2 is 1.86 bits per heavy atom. The van der Waals surface area contributed by atoms with Gasteiger partial charge in [-0.25, -0.2) is 0 Å². The van der Waals surface area contributed by atoms with Gasteiger partial charge in [-0.15, -0.1) is 0 Å². The molecule has 0 amide bonds. The first-order valence-electron chi connectivity index (χ1n) is 4.95. The van der Waals surface area contributed by atoms with Crippen LogP contribution in [0.3, 0.4) is 0 Å². The molecule has 0 saturated heterocycles. The van der Waals surface area contributed by atoms with E-state index in [1.165, 1.54) is 12.0 Å². The molecular weight excluding hydrogens is 194 g/mol. The zero-order chi connectivity index (χ0) is 10.2. The van der Waals surface area contributed by atoms with E-state index in [2.05, 4.69) is 12.2 Å². The monoisotopic (exact) mass is 209 g/mol. The van der Waals surface area contributed by atoms with E-state index in [-0.39, 0.29) is 0 Å². The molecule has 1 aromatic rings. The van der Waals surface area contributed by atoms with E-state index in [1.807, 2.05) is 24.3 Å². The van der Waals surface area contributed by atoms with Crippen molar-refractivity contribution in [2.24, 2.45) is 5.73 Å². The van der Waals surface area contributed by atoms with Gasteiger partial charge in [0.05, 0.1) is 0 Å². The predicted octanol–water partition coefficient (Wildman–Crippen LogP) is 3.48.